The van der Waals surface area contributed by atoms with Crippen LogP contribution in [0.4, 0.5) is 0 Å². The van der Waals surface area contributed by atoms with Gasteiger partial charge >= 0.3 is 0 Å². The first-order chi connectivity index (χ1) is 9.56. The van der Waals surface area contributed by atoms with Gasteiger partial charge in [0.15, 0.2) is 6.61 Å². The summed E-state index contributed by atoms with van der Waals surface area (Å²) in [6.07, 6.45) is 3.01. The van der Waals surface area contributed by atoms with Crippen molar-refractivity contribution >= 4 is 33.4 Å². The van der Waals surface area contributed by atoms with Crippen molar-refractivity contribution < 1.29 is 9.53 Å². The number of carbonyl (C=O) groups is 1. The third-order valence-electron chi connectivity index (χ3n) is 2.81. The summed E-state index contributed by atoms with van der Waals surface area (Å²) in [7, 11) is 0. The lowest BCUT2D eigenvalue weighted by atomic mass is 10.1. The van der Waals surface area contributed by atoms with Crippen molar-refractivity contribution in [3.63, 3.8) is 0 Å². The number of nitrogens with two attached hydrogens (primary N) is 1. The summed E-state index contributed by atoms with van der Waals surface area (Å²) < 4.78 is 6.26. The molecule has 112 valence electrons. The minimum Gasteiger partial charge on any atom is -0.482 e. The van der Waals surface area contributed by atoms with Gasteiger partial charge in [-0.2, -0.15) is 0 Å². The third kappa shape index (κ3) is 6.11. The Bertz CT molecular complexity index is 443. The molecule has 0 aliphatic carbocycles. The van der Waals surface area contributed by atoms with Gasteiger partial charge in [-0.3, -0.25) is 4.79 Å². The van der Waals surface area contributed by atoms with Crippen LogP contribution in [0.5, 0.6) is 5.75 Å². The van der Waals surface area contributed by atoms with Crippen LogP contribution in [-0.4, -0.2) is 25.1 Å². The number of unbranched alkanes of at least 4 members (excludes halogenated alkanes) is 1. The predicted molar refractivity (Wildman–Crippen MR) is 85.2 cm³/mol. The molecule has 0 aliphatic rings. The van der Waals surface area contributed by atoms with Crippen molar-refractivity contribution in [3.8, 4) is 5.75 Å². The zero-order valence-electron chi connectivity index (χ0n) is 11.5. The zero-order valence-corrected chi connectivity index (χ0v) is 13.8. The number of carbonyl (C=O) groups excluding carboxylic acids is 1. The topological polar surface area (TPSA) is 64.3 Å². The molecule has 1 aromatic carbocycles. The zero-order chi connectivity index (χ0) is 15.0. The molecule has 0 fully saturated rings. The molecule has 0 heterocycles. The molecule has 0 bridgehead atoms. The summed E-state index contributed by atoms with van der Waals surface area (Å²) in [5.74, 6) is 0.304. The van der Waals surface area contributed by atoms with Crippen LogP contribution in [0.1, 0.15) is 26.2 Å². The molecule has 0 spiro atoms. The highest BCUT2D eigenvalue weighted by Gasteiger charge is 2.11. The van der Waals surface area contributed by atoms with Crippen molar-refractivity contribution in [2.45, 2.75) is 32.2 Å². The Labute approximate surface area is 133 Å². The van der Waals surface area contributed by atoms with Gasteiger partial charge in [-0.15, -0.1) is 0 Å². The SMILES string of the molecule is CCCCC(CN)NC(=O)COc1ccc(Br)cc1Cl. The molecule has 1 atom stereocenters. The number of rotatable bonds is 8. The molecule has 4 nitrogen and oxygen atoms in total. The average Bonchev–Trinajstić information content (AvgIpc) is 2.42. The van der Waals surface area contributed by atoms with E-state index >= 15 is 0 Å². The summed E-state index contributed by atoms with van der Waals surface area (Å²) >= 11 is 9.32. The Morgan fingerprint density at radius 1 is 1.55 bits per heavy atom. The summed E-state index contributed by atoms with van der Waals surface area (Å²) in [4.78, 5) is 11.8. The molecule has 1 unspecified atom stereocenters. The van der Waals surface area contributed by atoms with Crippen molar-refractivity contribution in [3.05, 3.63) is 27.7 Å². The minimum absolute atomic E-state index is 0.00596. The molecular weight excluding hydrogens is 344 g/mol. The van der Waals surface area contributed by atoms with Crippen LogP contribution in [0.2, 0.25) is 5.02 Å². The molecule has 1 amide bonds. The van der Waals surface area contributed by atoms with E-state index in [9.17, 15) is 4.79 Å². The maximum Gasteiger partial charge on any atom is 0.258 e. The predicted octanol–water partition coefficient (Wildman–Crippen LogP) is 3.12. The summed E-state index contributed by atoms with van der Waals surface area (Å²) in [6.45, 7) is 2.48. The second-order valence-corrected chi connectivity index (χ2v) is 5.83. The number of amides is 1. The lowest BCUT2D eigenvalue weighted by Gasteiger charge is -2.16. The second-order valence-electron chi connectivity index (χ2n) is 4.51. The lowest BCUT2D eigenvalue weighted by molar-refractivity contribution is -0.123. The summed E-state index contributed by atoms with van der Waals surface area (Å²) in [5.41, 5.74) is 5.63. The maximum absolute atomic E-state index is 11.8. The van der Waals surface area contributed by atoms with Gasteiger partial charge in [-0.1, -0.05) is 47.3 Å². The highest BCUT2D eigenvalue weighted by atomic mass is 79.9. The molecule has 0 aromatic heterocycles. The molecule has 3 N–H and O–H groups in total. The molecule has 0 saturated carbocycles. The molecule has 1 aromatic rings. The van der Waals surface area contributed by atoms with E-state index in [4.69, 9.17) is 22.1 Å². The van der Waals surface area contributed by atoms with Gasteiger partial charge in [0.25, 0.3) is 5.91 Å². The quantitative estimate of drug-likeness (QED) is 0.746. The van der Waals surface area contributed by atoms with E-state index in [0.717, 1.165) is 23.7 Å². The van der Waals surface area contributed by atoms with Gasteiger partial charge in [-0.25, -0.2) is 0 Å². The number of ether oxygens (including phenoxy) is 1. The maximum atomic E-state index is 11.8. The molecule has 6 heteroatoms. The number of hydrogen-bond donors (Lipinski definition) is 2. The van der Waals surface area contributed by atoms with Crippen LogP contribution in [0.15, 0.2) is 22.7 Å². The molecule has 1 rings (SSSR count). The Hall–Kier alpha value is -0.780. The van der Waals surface area contributed by atoms with Crippen molar-refractivity contribution in [1.82, 2.24) is 5.32 Å². The van der Waals surface area contributed by atoms with Gasteiger partial charge in [-0.05, 0) is 24.6 Å². The fourth-order valence-electron chi connectivity index (χ4n) is 1.70. The van der Waals surface area contributed by atoms with Crippen molar-refractivity contribution in [2.75, 3.05) is 13.2 Å². The molecule has 0 radical (unpaired) electrons. The summed E-state index contributed by atoms with van der Waals surface area (Å²) in [5, 5.41) is 3.33. The Morgan fingerprint density at radius 3 is 2.90 bits per heavy atom. The first-order valence-corrected chi connectivity index (χ1v) is 7.81. The fourth-order valence-corrected chi connectivity index (χ4v) is 2.43. The first kappa shape index (κ1) is 17.3. The molecular formula is C14H20BrClN2O2. The van der Waals surface area contributed by atoms with E-state index in [1.807, 2.05) is 6.07 Å². The van der Waals surface area contributed by atoms with Crippen LogP contribution in [0.25, 0.3) is 0 Å². The Kier molecular flexibility index (Phi) is 7.95. The van der Waals surface area contributed by atoms with E-state index in [1.165, 1.54) is 0 Å². The summed E-state index contributed by atoms with van der Waals surface area (Å²) in [6, 6.07) is 5.25. The standard InChI is InChI=1S/C14H20BrClN2O2/c1-2-3-4-11(8-17)18-14(19)9-20-13-6-5-10(15)7-12(13)16/h5-7,11H,2-4,8-9,17H2,1H3,(H,18,19). The van der Waals surface area contributed by atoms with Crippen LogP contribution in [0.3, 0.4) is 0 Å². The first-order valence-electron chi connectivity index (χ1n) is 6.64. The van der Waals surface area contributed by atoms with Gasteiger partial charge in [0, 0.05) is 17.1 Å². The third-order valence-corrected chi connectivity index (χ3v) is 3.60. The molecule has 0 aliphatic heterocycles. The number of benzene rings is 1. The average molecular weight is 364 g/mol. The number of halogens is 2. The van der Waals surface area contributed by atoms with Crippen LogP contribution >= 0.6 is 27.5 Å². The highest BCUT2D eigenvalue weighted by molar-refractivity contribution is 9.10. The van der Waals surface area contributed by atoms with E-state index in [0.29, 0.717) is 17.3 Å². The van der Waals surface area contributed by atoms with E-state index in [1.54, 1.807) is 12.1 Å². The van der Waals surface area contributed by atoms with Crippen LogP contribution in [-0.2, 0) is 4.79 Å². The lowest BCUT2D eigenvalue weighted by Crippen LogP contribution is -2.42. The van der Waals surface area contributed by atoms with Gasteiger partial charge < -0.3 is 15.8 Å². The fraction of sp³-hybridized carbons (Fsp3) is 0.500. The van der Waals surface area contributed by atoms with E-state index < -0.39 is 0 Å². The van der Waals surface area contributed by atoms with Gasteiger partial charge in [0.2, 0.25) is 0 Å². The molecule has 0 saturated heterocycles. The van der Waals surface area contributed by atoms with Crippen molar-refractivity contribution in [1.29, 1.82) is 0 Å². The van der Waals surface area contributed by atoms with E-state index in [2.05, 4.69) is 28.2 Å². The normalized spacial score (nSPS) is 12.0. The van der Waals surface area contributed by atoms with Crippen molar-refractivity contribution in [2.24, 2.45) is 5.73 Å². The van der Waals surface area contributed by atoms with Gasteiger partial charge in [0.05, 0.1) is 5.02 Å². The molecule has 20 heavy (non-hydrogen) atoms. The van der Waals surface area contributed by atoms with Crippen LogP contribution < -0.4 is 15.8 Å². The largest absolute Gasteiger partial charge is 0.482 e. The minimum atomic E-state index is -0.185. The number of nitrogens with one attached hydrogen (secondary N) is 1. The smallest absolute Gasteiger partial charge is 0.258 e. The van der Waals surface area contributed by atoms with E-state index in [-0.39, 0.29) is 18.6 Å². The van der Waals surface area contributed by atoms with Gasteiger partial charge in [0.1, 0.15) is 5.75 Å². The Morgan fingerprint density at radius 2 is 2.30 bits per heavy atom. The highest BCUT2D eigenvalue weighted by Crippen LogP contribution is 2.27. The Balaban J connectivity index is 2.42. The second kappa shape index (κ2) is 9.21. The van der Waals surface area contributed by atoms with Crippen LogP contribution in [0, 0.1) is 0 Å². The number of hydrogen-bond acceptors (Lipinski definition) is 3. The monoisotopic (exact) mass is 362 g/mol.